The third-order valence-corrected chi connectivity index (χ3v) is 23.7. The molecule has 5 heterocycles. The molecule has 136 heavy (non-hydrogen) atoms. The number of para-hydroxylation sites is 5. The van der Waals surface area contributed by atoms with Crippen molar-refractivity contribution in [2.45, 2.75) is 85.5 Å². The number of carboxylic acid groups (broad SMARTS) is 4. The Balaban J connectivity index is 0.000000194. The van der Waals surface area contributed by atoms with Crippen molar-refractivity contribution in [3.05, 3.63) is 334 Å². The van der Waals surface area contributed by atoms with Gasteiger partial charge in [0.1, 0.15) is 23.4 Å². The monoisotopic (exact) mass is 2210 g/mol. The fourth-order valence-corrected chi connectivity index (χ4v) is 16.3. The van der Waals surface area contributed by atoms with Gasteiger partial charge in [-0.2, -0.15) is 0 Å². The number of carboxylic acids is 4. The molecule has 17 rings (SSSR count). The van der Waals surface area contributed by atoms with E-state index in [1.165, 1.54) is 101 Å². The number of nitrogen functional groups attached to an aromatic ring is 2. The predicted molar refractivity (Wildman–Crippen MR) is 561 cm³/mol. The maximum atomic E-state index is 12.5. The lowest BCUT2D eigenvalue weighted by Gasteiger charge is -2.29. The van der Waals surface area contributed by atoms with Gasteiger partial charge in [0.05, 0.1) is 114 Å². The molecule has 720 valence electrons. The highest BCUT2D eigenvalue weighted by atomic mass is 128. The number of nitrogens with zero attached hydrogens (tertiary/aromatic N) is 2. The number of ether oxygens (including phenoxy) is 9. The number of nitrogens with two attached hydrogens (primary N) is 2. The van der Waals surface area contributed by atoms with Crippen LogP contribution in [0.5, 0.6) is 51.7 Å². The number of aromatic nitrogens is 1. The number of alkyl halides is 1. The van der Waals surface area contributed by atoms with E-state index in [4.69, 9.17) is 64.3 Å². The first-order valence-corrected chi connectivity index (χ1v) is 51.1. The van der Waals surface area contributed by atoms with Crippen molar-refractivity contribution in [3.8, 4) is 51.7 Å². The number of methoxy groups -OCH3 is 9. The maximum Gasteiger partial charge on any atom is 0.337 e. The molecule has 1 aromatic heterocycles. The number of aromatic amines is 1. The second kappa shape index (κ2) is 55.1. The minimum Gasteiger partial charge on any atom is -0.495 e. The first kappa shape index (κ1) is 109. The SMILES string of the molecule is C.COc1cc2c(cc1OC)CN(CCc1ccc(C)cc1)CC2.COc1cc2c(cc1OC)CN(CCc1ccc(N)cc1)CC2.COc1cc2c(cc1OC)CNCC2.COc1cccc(C(=O)O)c1N.COc1cccc2c(=O)c3cccc(C(=O)O)c3[nH]c12.COc1cccc2c1Nc1c(C(=O)O)cccc1C2OO.Cc1ccc(CCBr)cc1.II.O=C(O)c1ccccc1Br. The van der Waals surface area contributed by atoms with Crippen molar-refractivity contribution in [2.24, 2.45) is 0 Å². The standard InChI is InChI=1S/C20H25NO2.C19H24N2O2.C15H13NO5.C15H11NO4.C11H15NO2.C9H11Br.C8H9NO3.C7H5BrO2.CH4.I2/c1-15-4-6-16(7-5-15)8-10-21-11-9-17-12-19(22-2)20(23-3)13-18(17)14-21;1-22-18-11-15-8-10-21(13-16(15)12-19(18)23-2)9-7-14-3-5-17(20)6-4-14;1-20-11-7-3-5-9-13(11)16-12-8(14(9)21-19)4-2-6-10(12)15(17)18;1-20-11-7-3-5-9-13(11)16-12-8(14(9)17)4-2-6-10(12)15(18)19;1-13-10-5-8-3-4-12-7-9(8)6-11(10)14-2;1-8-2-4-9(5-3-8)6-7-10;1-12-6-4-2-3-5(7(6)9)8(10)11;8-6-4-2-1-3-5(6)7(9)10;;1-2/h4-7,12-13H,8-11,14H2,1-3H3;3-6,11-12H,7-10,13,20H2,1-2H3;2-7,14,16,19H,1H3,(H,17,18);2-7H,1H3,(H,16,17)(H,18,19);5-6,12H,3-4,7H2,1-2H3;2-5H,6-7H2,1H3;2-4H,9H2,1H3,(H,10,11);1-4H,(H,9,10);1H4;. The molecule has 0 saturated carbocycles. The molecule has 1 unspecified atom stereocenters. The van der Waals surface area contributed by atoms with E-state index in [0.29, 0.717) is 71.6 Å². The van der Waals surface area contributed by atoms with Crippen molar-refractivity contribution in [1.29, 1.82) is 0 Å². The van der Waals surface area contributed by atoms with Gasteiger partial charge in [-0.25, -0.2) is 24.1 Å². The average Bonchev–Trinajstić information content (AvgIpc) is 0.808. The van der Waals surface area contributed by atoms with Crippen LogP contribution in [0.3, 0.4) is 0 Å². The molecule has 13 aromatic rings. The van der Waals surface area contributed by atoms with Gasteiger partial charge >= 0.3 is 23.9 Å². The number of H-pyrrole nitrogens is 1. The number of aromatic carboxylic acids is 4. The van der Waals surface area contributed by atoms with Crippen molar-refractivity contribution in [2.75, 3.05) is 119 Å². The normalized spacial score (nSPS) is 12.7. The summed E-state index contributed by atoms with van der Waals surface area (Å²) in [5, 5.41) is 53.3. The summed E-state index contributed by atoms with van der Waals surface area (Å²) in [7, 11) is 14.6. The van der Waals surface area contributed by atoms with Crippen molar-refractivity contribution >= 4 is 138 Å². The average molecular weight is 2210 g/mol. The lowest BCUT2D eigenvalue weighted by atomic mass is 9.91. The summed E-state index contributed by atoms with van der Waals surface area (Å²) in [6, 6.07) is 69.5. The quantitative estimate of drug-likeness (QED) is 0.00752. The van der Waals surface area contributed by atoms with Gasteiger partial charge in [0.2, 0.25) is 0 Å². The van der Waals surface area contributed by atoms with Gasteiger partial charge in [-0.05, 0) is 234 Å². The molecule has 0 aliphatic carbocycles. The number of hydrogen-bond acceptors (Lipinski definition) is 22. The first-order chi connectivity index (χ1) is 65.2. The number of benzene rings is 12. The van der Waals surface area contributed by atoms with Crippen molar-refractivity contribution < 1.29 is 92.4 Å². The molecule has 27 nitrogen and oxygen atoms in total. The zero-order valence-electron chi connectivity index (χ0n) is 77.0. The molecule has 0 radical (unpaired) electrons. The highest BCUT2D eigenvalue weighted by Crippen LogP contribution is 2.47. The highest BCUT2D eigenvalue weighted by molar-refractivity contribution is 15.0. The molecular formula is C105H117Br2I2N7O20. The summed E-state index contributed by atoms with van der Waals surface area (Å²) in [5.74, 6) is 2.26. The van der Waals surface area contributed by atoms with E-state index in [-0.39, 0.29) is 35.2 Å². The zero-order chi connectivity index (χ0) is 97.8. The summed E-state index contributed by atoms with van der Waals surface area (Å²) in [4.78, 5) is 68.6. The van der Waals surface area contributed by atoms with E-state index in [9.17, 15) is 39.4 Å². The molecule has 1 atom stereocenters. The smallest absolute Gasteiger partial charge is 0.337 e. The number of pyridine rings is 1. The fraction of sp³-hybridized carbons (Fsp3) is 0.267. The molecule has 31 heteroatoms. The van der Waals surface area contributed by atoms with E-state index in [2.05, 4.69) is 210 Å². The van der Waals surface area contributed by atoms with Gasteiger partial charge in [-0.1, -0.05) is 150 Å². The number of aryl methyl sites for hydroxylation is 3. The Morgan fingerprint density at radius 1 is 0.426 bits per heavy atom. The summed E-state index contributed by atoms with van der Waals surface area (Å²) < 4.78 is 48.1. The van der Waals surface area contributed by atoms with Crippen LogP contribution in [0.4, 0.5) is 22.7 Å². The second-order valence-electron chi connectivity index (χ2n) is 31.1. The second-order valence-corrected chi connectivity index (χ2v) is 32.7. The van der Waals surface area contributed by atoms with E-state index in [1.807, 2.05) is 12.1 Å². The number of fused-ring (bicyclic) bond motifs is 7. The van der Waals surface area contributed by atoms with Gasteiger partial charge in [0, 0.05) is 120 Å². The molecular weight excluding hydrogens is 2090 g/mol. The minimum absolute atomic E-state index is 0. The van der Waals surface area contributed by atoms with Crippen molar-refractivity contribution in [1.82, 2.24) is 20.1 Å². The number of carbonyl (C=O) groups is 4. The van der Waals surface area contributed by atoms with Crippen LogP contribution in [-0.2, 0) is 63.0 Å². The largest absolute Gasteiger partial charge is 0.495 e. The Labute approximate surface area is 833 Å². The zero-order valence-corrected chi connectivity index (χ0v) is 84.5. The summed E-state index contributed by atoms with van der Waals surface area (Å²) in [5.41, 5.74) is 30.5. The third kappa shape index (κ3) is 29.7. The number of anilines is 4. The van der Waals surface area contributed by atoms with Gasteiger partial charge in [0.15, 0.2) is 39.9 Å². The van der Waals surface area contributed by atoms with Crippen LogP contribution in [0, 0.1) is 13.8 Å². The van der Waals surface area contributed by atoms with Gasteiger partial charge in [0.25, 0.3) is 0 Å². The number of rotatable bonds is 22. The lowest BCUT2D eigenvalue weighted by molar-refractivity contribution is -0.270. The molecule has 0 bridgehead atoms. The predicted octanol–water partition coefficient (Wildman–Crippen LogP) is 21.7. The summed E-state index contributed by atoms with van der Waals surface area (Å²) in [6.07, 6.45) is 5.69. The van der Waals surface area contributed by atoms with E-state index < -0.39 is 30.0 Å². The molecule has 0 amide bonds. The van der Waals surface area contributed by atoms with Crippen LogP contribution >= 0.6 is 69.1 Å². The van der Waals surface area contributed by atoms with Crippen LogP contribution in [0.15, 0.2) is 234 Å². The van der Waals surface area contributed by atoms with E-state index >= 15 is 0 Å². The Bertz CT molecular complexity index is 6050. The number of halogens is 4. The Morgan fingerprint density at radius 3 is 1.27 bits per heavy atom. The lowest BCUT2D eigenvalue weighted by Crippen LogP contribution is -2.32. The van der Waals surface area contributed by atoms with Gasteiger partial charge < -0.3 is 90.1 Å². The van der Waals surface area contributed by atoms with Gasteiger partial charge in [-0.15, -0.1) is 0 Å². The fourth-order valence-electron chi connectivity index (χ4n) is 15.4. The molecule has 12 N–H and O–H groups in total. The molecule has 0 fully saturated rings. The van der Waals surface area contributed by atoms with Crippen LogP contribution in [0.25, 0.3) is 21.8 Å². The van der Waals surface area contributed by atoms with Crippen LogP contribution in [0.2, 0.25) is 0 Å². The van der Waals surface area contributed by atoms with Crippen LogP contribution < -0.4 is 70.2 Å². The Hall–Kier alpha value is -12.2. The van der Waals surface area contributed by atoms with E-state index in [0.717, 1.165) is 136 Å². The Kier molecular flexibility index (Phi) is 44.2. The van der Waals surface area contributed by atoms with Crippen molar-refractivity contribution in [3.63, 3.8) is 0 Å². The van der Waals surface area contributed by atoms with E-state index in [1.54, 1.807) is 140 Å². The first-order valence-electron chi connectivity index (χ1n) is 42.9. The summed E-state index contributed by atoms with van der Waals surface area (Å²) in [6.45, 7) is 12.5. The van der Waals surface area contributed by atoms with Gasteiger partial charge in [-0.3, -0.25) is 19.9 Å². The maximum absolute atomic E-state index is 12.5. The minimum atomic E-state index is -1.08. The molecule has 0 spiro atoms. The number of hydrogen-bond donors (Lipinski definition) is 10. The highest BCUT2D eigenvalue weighted by Gasteiger charge is 2.32. The molecule has 12 aromatic carbocycles. The molecule has 4 aliphatic rings. The summed E-state index contributed by atoms with van der Waals surface area (Å²) >= 11 is 10.8. The Morgan fingerprint density at radius 2 is 0.809 bits per heavy atom. The van der Waals surface area contributed by atoms with Crippen LogP contribution in [-0.4, -0.2) is 166 Å². The topological polar surface area (TPSA) is 377 Å². The molecule has 4 aliphatic heterocycles. The van der Waals surface area contributed by atoms with Crippen LogP contribution in [0.1, 0.15) is 127 Å². The number of nitrogens with one attached hydrogen (secondary N) is 3. The molecule has 0 saturated heterocycles. The third-order valence-electron chi connectivity index (χ3n) is 22.7.